The van der Waals surface area contributed by atoms with Crippen molar-refractivity contribution in [3.8, 4) is 0 Å². The van der Waals surface area contributed by atoms with Crippen LogP contribution in [0.2, 0.25) is 0 Å². The highest BCUT2D eigenvalue weighted by Crippen LogP contribution is 2.26. The number of hydrogen-bond donors (Lipinski definition) is 1. The summed E-state index contributed by atoms with van der Waals surface area (Å²) in [6, 6.07) is 5.54. The Morgan fingerprint density at radius 3 is 2.93 bits per heavy atom. The Morgan fingerprint density at radius 1 is 1.30 bits per heavy atom. The summed E-state index contributed by atoms with van der Waals surface area (Å²) in [7, 11) is 1.67. The number of carbonyl (C=O) groups excluding carboxylic acids is 1. The zero-order chi connectivity index (χ0) is 20.8. The van der Waals surface area contributed by atoms with Gasteiger partial charge >= 0.3 is 0 Å². The van der Waals surface area contributed by atoms with E-state index in [0.717, 1.165) is 44.0 Å². The van der Waals surface area contributed by atoms with Gasteiger partial charge in [-0.05, 0) is 37.8 Å². The highest BCUT2D eigenvalue weighted by molar-refractivity contribution is 7.98. The largest absolute Gasteiger partial charge is 0.455 e. The van der Waals surface area contributed by atoms with Crippen LogP contribution in [-0.4, -0.2) is 55.3 Å². The van der Waals surface area contributed by atoms with Crippen LogP contribution in [0.1, 0.15) is 47.7 Å². The molecule has 0 spiro atoms. The number of amides is 1. The van der Waals surface area contributed by atoms with Crippen molar-refractivity contribution < 1.29 is 18.7 Å². The van der Waals surface area contributed by atoms with Crippen LogP contribution in [0.4, 0.5) is 5.82 Å². The van der Waals surface area contributed by atoms with Gasteiger partial charge in [0, 0.05) is 39.4 Å². The molecule has 9 heteroatoms. The molecule has 0 aliphatic carbocycles. The Labute approximate surface area is 180 Å². The molecule has 0 radical (unpaired) electrons. The molecule has 2 aliphatic heterocycles. The van der Waals surface area contributed by atoms with Gasteiger partial charge in [0.1, 0.15) is 11.6 Å². The minimum Gasteiger partial charge on any atom is -0.455 e. The van der Waals surface area contributed by atoms with Crippen molar-refractivity contribution >= 4 is 23.5 Å². The zero-order valence-electron chi connectivity index (χ0n) is 17.3. The molecule has 1 amide bonds. The lowest BCUT2D eigenvalue weighted by Gasteiger charge is -2.17. The van der Waals surface area contributed by atoms with E-state index in [4.69, 9.17) is 18.9 Å². The second kappa shape index (κ2) is 10.3. The fourth-order valence-corrected chi connectivity index (χ4v) is 4.43. The van der Waals surface area contributed by atoms with Crippen LogP contribution in [0, 0.1) is 0 Å². The second-order valence-corrected chi connectivity index (χ2v) is 8.47. The van der Waals surface area contributed by atoms with E-state index in [0.29, 0.717) is 35.6 Å². The Morgan fingerprint density at radius 2 is 2.17 bits per heavy atom. The van der Waals surface area contributed by atoms with Crippen LogP contribution in [0.25, 0.3) is 0 Å². The minimum absolute atomic E-state index is 0.111. The number of anilines is 1. The molecule has 1 atom stereocenters. The first-order valence-corrected chi connectivity index (χ1v) is 11.4. The van der Waals surface area contributed by atoms with Gasteiger partial charge in [-0.1, -0.05) is 11.8 Å². The molecule has 4 heterocycles. The summed E-state index contributed by atoms with van der Waals surface area (Å²) >= 11 is 1.50. The van der Waals surface area contributed by atoms with Crippen molar-refractivity contribution in [1.29, 1.82) is 0 Å². The number of furan rings is 1. The van der Waals surface area contributed by atoms with Crippen molar-refractivity contribution in [2.24, 2.45) is 0 Å². The standard InChI is InChI=1S/C21H28N4O4S/c1-27-13-15-11-19(25-8-2-3-9-25)24-21(23-15)30-14-17-6-7-18(29-17)20(26)22-12-16-5-4-10-28-16/h6-7,11,16H,2-5,8-10,12-14H2,1H3,(H,22,26). The van der Waals surface area contributed by atoms with Gasteiger partial charge in [-0.2, -0.15) is 0 Å². The van der Waals surface area contributed by atoms with E-state index in [-0.39, 0.29) is 12.0 Å². The molecule has 0 bridgehead atoms. The van der Waals surface area contributed by atoms with Gasteiger partial charge in [-0.3, -0.25) is 4.79 Å². The van der Waals surface area contributed by atoms with Crippen LogP contribution >= 0.6 is 11.8 Å². The molecule has 30 heavy (non-hydrogen) atoms. The van der Waals surface area contributed by atoms with Crippen LogP contribution in [0.5, 0.6) is 0 Å². The van der Waals surface area contributed by atoms with E-state index < -0.39 is 0 Å². The van der Waals surface area contributed by atoms with Gasteiger partial charge < -0.3 is 24.1 Å². The molecule has 2 aromatic rings. The summed E-state index contributed by atoms with van der Waals surface area (Å²) < 4.78 is 16.5. The highest BCUT2D eigenvalue weighted by Gasteiger charge is 2.19. The van der Waals surface area contributed by atoms with Crippen LogP contribution in [-0.2, 0) is 21.8 Å². The molecule has 8 nitrogen and oxygen atoms in total. The molecule has 4 rings (SSSR count). The smallest absolute Gasteiger partial charge is 0.287 e. The highest BCUT2D eigenvalue weighted by atomic mass is 32.2. The lowest BCUT2D eigenvalue weighted by molar-refractivity contribution is 0.0834. The lowest BCUT2D eigenvalue weighted by atomic mass is 10.2. The third kappa shape index (κ3) is 5.53. The molecule has 2 saturated heterocycles. The van der Waals surface area contributed by atoms with Gasteiger partial charge in [0.2, 0.25) is 0 Å². The van der Waals surface area contributed by atoms with Crippen molar-refractivity contribution in [3.63, 3.8) is 0 Å². The topological polar surface area (TPSA) is 89.7 Å². The first-order valence-electron chi connectivity index (χ1n) is 10.4. The first kappa shape index (κ1) is 21.1. The van der Waals surface area contributed by atoms with Gasteiger partial charge in [0.05, 0.1) is 24.2 Å². The summed E-state index contributed by atoms with van der Waals surface area (Å²) in [5.41, 5.74) is 0.866. The van der Waals surface area contributed by atoms with Crippen LogP contribution in [0.3, 0.4) is 0 Å². The van der Waals surface area contributed by atoms with E-state index in [9.17, 15) is 4.79 Å². The Bertz CT molecular complexity index is 847. The molecule has 0 saturated carbocycles. The zero-order valence-corrected chi connectivity index (χ0v) is 18.1. The van der Waals surface area contributed by atoms with E-state index in [1.807, 2.05) is 12.1 Å². The fraction of sp³-hybridized carbons (Fsp3) is 0.571. The average molecular weight is 433 g/mol. The van der Waals surface area contributed by atoms with E-state index in [1.54, 1.807) is 13.2 Å². The van der Waals surface area contributed by atoms with Gasteiger partial charge in [-0.15, -0.1) is 0 Å². The molecule has 2 fully saturated rings. The third-order valence-corrected chi connectivity index (χ3v) is 6.08. The molecule has 2 aliphatic rings. The maximum absolute atomic E-state index is 12.3. The molecule has 2 aromatic heterocycles. The number of thioether (sulfide) groups is 1. The van der Waals surface area contributed by atoms with Crippen molar-refractivity contribution in [3.05, 3.63) is 35.4 Å². The van der Waals surface area contributed by atoms with E-state index in [2.05, 4.69) is 15.2 Å². The number of nitrogens with one attached hydrogen (secondary N) is 1. The third-order valence-electron chi connectivity index (χ3n) is 5.21. The summed E-state index contributed by atoms with van der Waals surface area (Å²) in [4.78, 5) is 23.9. The second-order valence-electron chi connectivity index (χ2n) is 7.53. The normalized spacial score (nSPS) is 18.8. The maximum Gasteiger partial charge on any atom is 0.287 e. The summed E-state index contributed by atoms with van der Waals surface area (Å²) in [5, 5.41) is 3.57. The number of methoxy groups -OCH3 is 1. The minimum atomic E-state index is -0.212. The van der Waals surface area contributed by atoms with Crippen molar-refractivity contribution in [2.45, 2.75) is 49.3 Å². The Hall–Kier alpha value is -2.10. The summed E-state index contributed by atoms with van der Waals surface area (Å²) in [6.07, 6.45) is 4.53. The average Bonchev–Trinajstić information content (AvgIpc) is 3.53. The number of carbonyl (C=O) groups is 1. The molecule has 1 N–H and O–H groups in total. The van der Waals surface area contributed by atoms with Crippen LogP contribution < -0.4 is 10.2 Å². The maximum atomic E-state index is 12.3. The SMILES string of the molecule is COCc1cc(N2CCCC2)nc(SCc2ccc(C(=O)NCC3CCCO3)o2)n1. The summed E-state index contributed by atoms with van der Waals surface area (Å²) in [6.45, 7) is 3.79. The van der Waals surface area contributed by atoms with Crippen LogP contribution in [0.15, 0.2) is 27.8 Å². The molecule has 0 aromatic carbocycles. The number of ether oxygens (including phenoxy) is 2. The predicted octanol–water partition coefficient (Wildman–Crippen LogP) is 3.02. The van der Waals surface area contributed by atoms with Gasteiger partial charge in [0.15, 0.2) is 10.9 Å². The predicted molar refractivity (Wildman–Crippen MR) is 114 cm³/mol. The molecular weight excluding hydrogens is 404 g/mol. The number of aromatic nitrogens is 2. The Kier molecular flexibility index (Phi) is 7.24. The van der Waals surface area contributed by atoms with E-state index >= 15 is 0 Å². The molecular formula is C21H28N4O4S. The number of rotatable bonds is 9. The summed E-state index contributed by atoms with van der Waals surface area (Å²) in [5.74, 6) is 2.32. The van der Waals surface area contributed by atoms with Gasteiger partial charge in [-0.25, -0.2) is 9.97 Å². The van der Waals surface area contributed by atoms with Gasteiger partial charge in [0.25, 0.3) is 5.91 Å². The monoisotopic (exact) mass is 432 g/mol. The lowest BCUT2D eigenvalue weighted by Crippen LogP contribution is -2.31. The van der Waals surface area contributed by atoms with E-state index in [1.165, 1.54) is 24.6 Å². The fourth-order valence-electron chi connectivity index (χ4n) is 3.67. The first-order chi connectivity index (χ1) is 14.7. The Balaban J connectivity index is 1.35. The quantitative estimate of drug-likeness (QED) is 0.478. The molecule has 162 valence electrons. The molecule has 1 unspecified atom stereocenters. The number of hydrogen-bond acceptors (Lipinski definition) is 8. The van der Waals surface area contributed by atoms with Crippen molar-refractivity contribution in [1.82, 2.24) is 15.3 Å². The van der Waals surface area contributed by atoms with Crippen molar-refractivity contribution in [2.75, 3.05) is 38.3 Å². The number of nitrogens with zero attached hydrogens (tertiary/aromatic N) is 3.